The van der Waals surface area contributed by atoms with E-state index in [2.05, 4.69) is 40.2 Å². The molecule has 5 nitrogen and oxygen atoms in total. The van der Waals surface area contributed by atoms with Gasteiger partial charge in [0.2, 0.25) is 5.78 Å². The summed E-state index contributed by atoms with van der Waals surface area (Å²) in [4.78, 5) is 11.3. The van der Waals surface area contributed by atoms with Gasteiger partial charge in [0.1, 0.15) is 0 Å². The maximum atomic E-state index is 4.57. The quantitative estimate of drug-likeness (QED) is 0.854. The lowest BCUT2D eigenvalue weighted by atomic mass is 10.1. The van der Waals surface area contributed by atoms with Crippen molar-refractivity contribution in [2.24, 2.45) is 0 Å². The van der Waals surface area contributed by atoms with Gasteiger partial charge >= 0.3 is 0 Å². The fourth-order valence-corrected chi connectivity index (χ4v) is 2.62. The van der Waals surface area contributed by atoms with Gasteiger partial charge in [0, 0.05) is 50.3 Å². The molecule has 1 aliphatic rings. The van der Waals surface area contributed by atoms with Crippen molar-refractivity contribution in [3.8, 4) is 0 Å². The molecule has 0 amide bonds. The van der Waals surface area contributed by atoms with Crippen molar-refractivity contribution in [1.82, 2.24) is 24.6 Å². The second-order valence-electron chi connectivity index (χ2n) is 5.09. The number of aromatic nitrogens is 3. The fraction of sp³-hybridized carbons (Fsp3) is 0.538. The van der Waals surface area contributed by atoms with E-state index in [1.165, 1.54) is 0 Å². The minimum Gasteiger partial charge on any atom is -0.314 e. The molecule has 96 valence electrons. The van der Waals surface area contributed by atoms with E-state index in [9.17, 15) is 0 Å². The fourth-order valence-electron chi connectivity index (χ4n) is 2.62. The SMILES string of the molecule is C[C@@H]1CNC[C@H](C)N1Cc1cn2cccnc2n1. The zero-order valence-electron chi connectivity index (χ0n) is 10.9. The third-order valence-corrected chi connectivity index (χ3v) is 3.64. The first-order valence-corrected chi connectivity index (χ1v) is 6.49. The second kappa shape index (κ2) is 4.66. The minimum atomic E-state index is 0.548. The zero-order valence-corrected chi connectivity index (χ0v) is 10.9. The smallest absolute Gasteiger partial charge is 0.233 e. The Morgan fingerprint density at radius 1 is 1.33 bits per heavy atom. The van der Waals surface area contributed by atoms with Gasteiger partial charge < -0.3 is 5.32 Å². The Morgan fingerprint density at radius 3 is 2.83 bits per heavy atom. The summed E-state index contributed by atoms with van der Waals surface area (Å²) >= 11 is 0. The molecule has 0 unspecified atom stereocenters. The highest BCUT2D eigenvalue weighted by Crippen LogP contribution is 2.14. The minimum absolute atomic E-state index is 0.548. The summed E-state index contributed by atoms with van der Waals surface area (Å²) in [6.07, 6.45) is 5.84. The monoisotopic (exact) mass is 245 g/mol. The summed E-state index contributed by atoms with van der Waals surface area (Å²) in [6.45, 7) is 7.52. The van der Waals surface area contributed by atoms with Crippen molar-refractivity contribution in [3.05, 3.63) is 30.4 Å². The van der Waals surface area contributed by atoms with E-state index in [0.717, 1.165) is 31.1 Å². The first-order chi connectivity index (χ1) is 8.74. The van der Waals surface area contributed by atoms with Crippen LogP contribution in [0.3, 0.4) is 0 Å². The molecule has 2 atom stereocenters. The number of piperazine rings is 1. The molecule has 3 rings (SSSR count). The average molecular weight is 245 g/mol. The van der Waals surface area contributed by atoms with Crippen LogP contribution >= 0.6 is 0 Å². The Kier molecular flexibility index (Phi) is 3.01. The highest BCUT2D eigenvalue weighted by atomic mass is 15.2. The molecular formula is C13H19N5. The van der Waals surface area contributed by atoms with Gasteiger partial charge in [-0.2, -0.15) is 0 Å². The van der Waals surface area contributed by atoms with E-state index in [0.29, 0.717) is 12.1 Å². The lowest BCUT2D eigenvalue weighted by molar-refractivity contribution is 0.107. The molecule has 5 heteroatoms. The van der Waals surface area contributed by atoms with Gasteiger partial charge in [0.05, 0.1) is 5.69 Å². The van der Waals surface area contributed by atoms with Crippen molar-refractivity contribution < 1.29 is 0 Å². The van der Waals surface area contributed by atoms with Crippen LogP contribution in [0.25, 0.3) is 5.78 Å². The van der Waals surface area contributed by atoms with E-state index >= 15 is 0 Å². The van der Waals surface area contributed by atoms with Gasteiger partial charge in [-0.25, -0.2) is 9.97 Å². The molecule has 0 saturated carbocycles. The number of nitrogens with zero attached hydrogens (tertiary/aromatic N) is 4. The number of rotatable bonds is 2. The van der Waals surface area contributed by atoms with Gasteiger partial charge in [-0.05, 0) is 19.9 Å². The number of hydrogen-bond donors (Lipinski definition) is 1. The van der Waals surface area contributed by atoms with Gasteiger partial charge in [-0.3, -0.25) is 9.30 Å². The van der Waals surface area contributed by atoms with Crippen molar-refractivity contribution >= 4 is 5.78 Å². The summed E-state index contributed by atoms with van der Waals surface area (Å²) in [6, 6.07) is 3.02. The highest BCUT2D eigenvalue weighted by Gasteiger charge is 2.24. The largest absolute Gasteiger partial charge is 0.314 e. The third-order valence-electron chi connectivity index (χ3n) is 3.64. The van der Waals surface area contributed by atoms with E-state index in [1.807, 2.05) is 16.7 Å². The Bertz CT molecular complexity index is 492. The molecule has 3 heterocycles. The average Bonchev–Trinajstić information content (AvgIpc) is 2.76. The number of fused-ring (bicyclic) bond motifs is 1. The molecule has 1 N–H and O–H groups in total. The standard InChI is InChI=1S/C13H19N5/c1-10-6-14-7-11(2)18(10)9-12-8-17-5-3-4-15-13(17)16-12/h3-5,8,10-11,14H,6-7,9H2,1-2H3/t10-,11+. The van der Waals surface area contributed by atoms with Gasteiger partial charge in [0.25, 0.3) is 0 Å². The van der Waals surface area contributed by atoms with E-state index in [4.69, 9.17) is 0 Å². The maximum absolute atomic E-state index is 4.57. The molecule has 1 saturated heterocycles. The Hall–Kier alpha value is -1.46. The molecule has 2 aromatic heterocycles. The predicted octanol–water partition coefficient (Wildman–Crippen LogP) is 0.911. The van der Waals surface area contributed by atoms with Crippen molar-refractivity contribution in [2.75, 3.05) is 13.1 Å². The summed E-state index contributed by atoms with van der Waals surface area (Å²) in [5.41, 5.74) is 1.09. The Labute approximate surface area is 107 Å². The van der Waals surface area contributed by atoms with Gasteiger partial charge in [-0.15, -0.1) is 0 Å². The van der Waals surface area contributed by atoms with Crippen LogP contribution in [0, 0.1) is 0 Å². The molecule has 0 bridgehead atoms. The molecule has 0 aromatic carbocycles. The van der Waals surface area contributed by atoms with Crippen LogP contribution in [0.15, 0.2) is 24.7 Å². The lowest BCUT2D eigenvalue weighted by Crippen LogP contribution is -2.54. The molecule has 1 aliphatic heterocycles. The van der Waals surface area contributed by atoms with Gasteiger partial charge in [-0.1, -0.05) is 0 Å². The van der Waals surface area contributed by atoms with Crippen LogP contribution in [0.2, 0.25) is 0 Å². The summed E-state index contributed by atoms with van der Waals surface area (Å²) in [7, 11) is 0. The molecule has 0 aliphatic carbocycles. The highest BCUT2D eigenvalue weighted by molar-refractivity contribution is 5.29. The number of hydrogen-bond acceptors (Lipinski definition) is 4. The summed E-state index contributed by atoms with van der Waals surface area (Å²) < 4.78 is 1.98. The summed E-state index contributed by atoms with van der Waals surface area (Å²) in [5.74, 6) is 0.781. The van der Waals surface area contributed by atoms with E-state index in [1.54, 1.807) is 6.20 Å². The summed E-state index contributed by atoms with van der Waals surface area (Å²) in [5, 5.41) is 3.45. The first kappa shape index (κ1) is 11.6. The van der Waals surface area contributed by atoms with Crippen LogP contribution in [0.4, 0.5) is 0 Å². The molecule has 0 spiro atoms. The molecule has 18 heavy (non-hydrogen) atoms. The van der Waals surface area contributed by atoms with Gasteiger partial charge in [0.15, 0.2) is 0 Å². The number of nitrogens with one attached hydrogen (secondary N) is 1. The van der Waals surface area contributed by atoms with Crippen LogP contribution in [0.5, 0.6) is 0 Å². The molecule has 0 radical (unpaired) electrons. The number of imidazole rings is 1. The van der Waals surface area contributed by atoms with Crippen LogP contribution in [-0.2, 0) is 6.54 Å². The lowest BCUT2D eigenvalue weighted by Gasteiger charge is -2.38. The Morgan fingerprint density at radius 2 is 2.11 bits per heavy atom. The first-order valence-electron chi connectivity index (χ1n) is 6.49. The molecule has 2 aromatic rings. The molecular weight excluding hydrogens is 226 g/mol. The van der Waals surface area contributed by atoms with Crippen LogP contribution in [-0.4, -0.2) is 44.4 Å². The third kappa shape index (κ3) is 2.11. The van der Waals surface area contributed by atoms with Crippen molar-refractivity contribution in [3.63, 3.8) is 0 Å². The molecule has 1 fully saturated rings. The normalized spacial score (nSPS) is 25.7. The predicted molar refractivity (Wildman–Crippen MR) is 70.3 cm³/mol. The Balaban J connectivity index is 1.82. The van der Waals surface area contributed by atoms with Crippen LogP contribution in [0.1, 0.15) is 19.5 Å². The van der Waals surface area contributed by atoms with E-state index in [-0.39, 0.29) is 0 Å². The zero-order chi connectivity index (χ0) is 12.5. The van der Waals surface area contributed by atoms with Crippen molar-refractivity contribution in [1.29, 1.82) is 0 Å². The maximum Gasteiger partial charge on any atom is 0.233 e. The van der Waals surface area contributed by atoms with Crippen LogP contribution < -0.4 is 5.32 Å². The van der Waals surface area contributed by atoms with Crippen molar-refractivity contribution in [2.45, 2.75) is 32.5 Å². The topological polar surface area (TPSA) is 45.5 Å². The van der Waals surface area contributed by atoms with E-state index < -0.39 is 0 Å². The second-order valence-corrected chi connectivity index (χ2v) is 5.09.